The lowest BCUT2D eigenvalue weighted by atomic mass is 9.77. The Kier molecular flexibility index (Phi) is 4.55. The van der Waals surface area contributed by atoms with Gasteiger partial charge in [-0.3, -0.25) is 0 Å². The van der Waals surface area contributed by atoms with Crippen LogP contribution in [0, 0.1) is 6.57 Å². The van der Waals surface area contributed by atoms with Gasteiger partial charge in [-0.1, -0.05) is 91.0 Å². The summed E-state index contributed by atoms with van der Waals surface area (Å²) < 4.78 is 2.13. The van der Waals surface area contributed by atoms with Gasteiger partial charge < -0.3 is 9.41 Å². The van der Waals surface area contributed by atoms with Crippen LogP contribution in [0.2, 0.25) is 0 Å². The highest BCUT2D eigenvalue weighted by Crippen LogP contribution is 2.40. The Morgan fingerprint density at radius 1 is 0.741 bits per heavy atom. The predicted molar refractivity (Wildman–Crippen MR) is 107 cm³/mol. The zero-order valence-corrected chi connectivity index (χ0v) is 14.9. The number of imidazole rings is 1. The van der Waals surface area contributed by atoms with Crippen molar-refractivity contribution in [2.75, 3.05) is 0 Å². The van der Waals surface area contributed by atoms with Crippen molar-refractivity contribution >= 4 is 0 Å². The fourth-order valence-corrected chi connectivity index (χ4v) is 3.69. The molecule has 0 aliphatic carbocycles. The molecule has 0 N–H and O–H groups in total. The Morgan fingerprint density at radius 3 is 1.59 bits per heavy atom. The third kappa shape index (κ3) is 2.92. The van der Waals surface area contributed by atoms with Gasteiger partial charge in [0, 0.05) is 6.20 Å². The molecule has 27 heavy (non-hydrogen) atoms. The van der Waals surface area contributed by atoms with Crippen molar-refractivity contribution in [3.8, 4) is 0 Å². The summed E-state index contributed by atoms with van der Waals surface area (Å²) in [5, 5.41) is 0. The molecule has 0 fully saturated rings. The van der Waals surface area contributed by atoms with E-state index in [2.05, 4.69) is 87.2 Å². The Balaban J connectivity index is 2.08. The standard InChI is InChI=1S/C24H19N3/c1-25-17-23-18-27(19-26-23)24(20-11-5-2-6-12-20,21-13-7-3-8-14-21)22-15-9-4-10-16-22/h2-16,18-19H,17H2. The Morgan fingerprint density at radius 2 is 1.19 bits per heavy atom. The van der Waals surface area contributed by atoms with Gasteiger partial charge in [-0.25, -0.2) is 11.6 Å². The molecule has 0 amide bonds. The highest BCUT2D eigenvalue weighted by atomic mass is 15.1. The first-order chi connectivity index (χ1) is 13.4. The SMILES string of the molecule is [C-]#[N+]Cc1cn(C(c2ccccc2)(c2ccccc2)c2ccccc2)cn1. The highest BCUT2D eigenvalue weighted by Gasteiger charge is 2.38. The van der Waals surface area contributed by atoms with Crippen molar-refractivity contribution in [3.05, 3.63) is 137 Å². The number of hydrogen-bond acceptors (Lipinski definition) is 1. The quantitative estimate of drug-likeness (QED) is 0.361. The minimum absolute atomic E-state index is 0.279. The minimum Gasteiger partial charge on any atom is -0.318 e. The smallest absolute Gasteiger partial charge is 0.257 e. The van der Waals surface area contributed by atoms with Crippen LogP contribution in [-0.2, 0) is 12.1 Å². The maximum atomic E-state index is 7.17. The van der Waals surface area contributed by atoms with E-state index in [1.807, 2.05) is 30.7 Å². The zero-order valence-electron chi connectivity index (χ0n) is 14.9. The summed E-state index contributed by atoms with van der Waals surface area (Å²) in [5.74, 6) is 0. The molecule has 3 aromatic carbocycles. The molecule has 0 aliphatic heterocycles. The first kappa shape index (κ1) is 16.8. The highest BCUT2D eigenvalue weighted by molar-refractivity contribution is 5.50. The lowest BCUT2D eigenvalue weighted by Gasteiger charge is -2.37. The number of rotatable bonds is 5. The van der Waals surface area contributed by atoms with Crippen molar-refractivity contribution in [2.24, 2.45) is 0 Å². The molecule has 130 valence electrons. The van der Waals surface area contributed by atoms with Gasteiger partial charge in [-0.2, -0.15) is 0 Å². The fourth-order valence-electron chi connectivity index (χ4n) is 3.69. The first-order valence-electron chi connectivity index (χ1n) is 8.89. The van der Waals surface area contributed by atoms with Crippen molar-refractivity contribution in [3.63, 3.8) is 0 Å². The van der Waals surface area contributed by atoms with Crippen LogP contribution in [0.1, 0.15) is 22.4 Å². The molecule has 3 heteroatoms. The molecule has 0 aliphatic rings. The molecule has 1 aromatic heterocycles. The van der Waals surface area contributed by atoms with Gasteiger partial charge in [-0.05, 0) is 16.7 Å². The van der Waals surface area contributed by atoms with E-state index in [9.17, 15) is 0 Å². The van der Waals surface area contributed by atoms with E-state index in [0.717, 1.165) is 22.4 Å². The van der Waals surface area contributed by atoms with Crippen molar-refractivity contribution in [1.82, 2.24) is 9.55 Å². The van der Waals surface area contributed by atoms with Crippen molar-refractivity contribution in [1.29, 1.82) is 0 Å². The molecule has 0 atom stereocenters. The van der Waals surface area contributed by atoms with Crippen LogP contribution in [-0.4, -0.2) is 9.55 Å². The zero-order chi connectivity index (χ0) is 18.5. The Bertz CT molecular complexity index is 948. The van der Waals surface area contributed by atoms with E-state index in [0.29, 0.717) is 0 Å². The molecule has 4 rings (SSSR count). The number of aromatic nitrogens is 2. The lowest BCUT2D eigenvalue weighted by molar-refractivity contribution is 0.514. The second kappa shape index (κ2) is 7.31. The fraction of sp³-hybridized carbons (Fsp3) is 0.0833. The molecular weight excluding hydrogens is 330 g/mol. The third-order valence-electron chi connectivity index (χ3n) is 4.84. The molecule has 0 bridgehead atoms. The summed E-state index contributed by atoms with van der Waals surface area (Å²) in [6, 6.07) is 31.3. The summed E-state index contributed by atoms with van der Waals surface area (Å²) in [5.41, 5.74) is 3.66. The van der Waals surface area contributed by atoms with Gasteiger partial charge in [0.15, 0.2) is 0 Å². The van der Waals surface area contributed by atoms with Gasteiger partial charge in [-0.15, -0.1) is 0 Å². The van der Waals surface area contributed by atoms with Crippen LogP contribution in [0.25, 0.3) is 4.85 Å². The lowest BCUT2D eigenvalue weighted by Crippen LogP contribution is -2.36. The Hall–Kier alpha value is -3.64. The summed E-state index contributed by atoms with van der Waals surface area (Å²) in [7, 11) is 0. The van der Waals surface area contributed by atoms with Gasteiger partial charge in [0.05, 0.1) is 6.33 Å². The summed E-state index contributed by atoms with van der Waals surface area (Å²) in [6.07, 6.45) is 3.83. The van der Waals surface area contributed by atoms with Crippen LogP contribution in [0.15, 0.2) is 104 Å². The first-order valence-corrected chi connectivity index (χ1v) is 8.89. The van der Waals surface area contributed by atoms with E-state index in [-0.39, 0.29) is 6.54 Å². The van der Waals surface area contributed by atoms with Crippen LogP contribution >= 0.6 is 0 Å². The number of nitrogens with zero attached hydrogens (tertiary/aromatic N) is 3. The maximum Gasteiger partial charge on any atom is 0.257 e. The number of hydrogen-bond donors (Lipinski definition) is 0. The third-order valence-corrected chi connectivity index (χ3v) is 4.84. The van der Waals surface area contributed by atoms with Crippen LogP contribution < -0.4 is 0 Å². The van der Waals surface area contributed by atoms with E-state index in [4.69, 9.17) is 6.57 Å². The van der Waals surface area contributed by atoms with E-state index in [1.54, 1.807) is 0 Å². The van der Waals surface area contributed by atoms with Crippen LogP contribution in [0.4, 0.5) is 0 Å². The average Bonchev–Trinajstić information content (AvgIpc) is 3.20. The van der Waals surface area contributed by atoms with E-state index in [1.165, 1.54) is 0 Å². The second-order valence-electron chi connectivity index (χ2n) is 6.40. The molecule has 4 aromatic rings. The van der Waals surface area contributed by atoms with Gasteiger partial charge in [0.2, 0.25) is 0 Å². The van der Waals surface area contributed by atoms with Gasteiger partial charge in [0.1, 0.15) is 11.2 Å². The summed E-state index contributed by atoms with van der Waals surface area (Å²) >= 11 is 0. The maximum absolute atomic E-state index is 7.17. The van der Waals surface area contributed by atoms with Gasteiger partial charge in [0.25, 0.3) is 6.54 Å². The van der Waals surface area contributed by atoms with Crippen molar-refractivity contribution < 1.29 is 0 Å². The summed E-state index contributed by atoms with van der Waals surface area (Å²) in [4.78, 5) is 7.99. The molecular formula is C24H19N3. The van der Waals surface area contributed by atoms with Gasteiger partial charge >= 0.3 is 0 Å². The second-order valence-corrected chi connectivity index (χ2v) is 6.40. The van der Waals surface area contributed by atoms with Crippen molar-refractivity contribution in [2.45, 2.75) is 12.1 Å². The molecule has 0 unspecified atom stereocenters. The number of benzene rings is 3. The summed E-state index contributed by atoms with van der Waals surface area (Å²) in [6.45, 7) is 7.45. The molecule has 0 saturated heterocycles. The van der Waals surface area contributed by atoms with E-state index < -0.39 is 5.54 Å². The average molecular weight is 349 g/mol. The molecule has 1 heterocycles. The minimum atomic E-state index is -0.558. The van der Waals surface area contributed by atoms with Crippen LogP contribution in [0.3, 0.4) is 0 Å². The molecule has 0 spiro atoms. The molecule has 0 saturated carbocycles. The topological polar surface area (TPSA) is 22.2 Å². The Labute approximate surface area is 159 Å². The van der Waals surface area contributed by atoms with Crippen LogP contribution in [0.5, 0.6) is 0 Å². The predicted octanol–water partition coefficient (Wildman–Crippen LogP) is 5.14. The normalized spacial score (nSPS) is 11.1. The molecule has 3 nitrogen and oxygen atoms in total. The monoisotopic (exact) mass is 349 g/mol. The van der Waals surface area contributed by atoms with E-state index >= 15 is 0 Å². The largest absolute Gasteiger partial charge is 0.318 e. The molecule has 0 radical (unpaired) electrons.